The van der Waals surface area contributed by atoms with Gasteiger partial charge in [0.25, 0.3) is 0 Å². The van der Waals surface area contributed by atoms with Crippen LogP contribution in [0.4, 0.5) is 0 Å². The van der Waals surface area contributed by atoms with Crippen molar-refractivity contribution in [2.24, 2.45) is 0 Å². The van der Waals surface area contributed by atoms with E-state index in [9.17, 15) is 13.5 Å². The average molecular weight is 277 g/mol. The molecular weight excluding hydrogens is 260 g/mol. The molecule has 0 spiro atoms. The molecule has 0 saturated carbocycles. The van der Waals surface area contributed by atoms with E-state index in [0.29, 0.717) is 17.0 Å². The van der Waals surface area contributed by atoms with Crippen LogP contribution >= 0.6 is 11.6 Å². The van der Waals surface area contributed by atoms with E-state index in [2.05, 4.69) is 0 Å². The van der Waals surface area contributed by atoms with Crippen LogP contribution in [0.1, 0.15) is 31.9 Å². The Balaban J connectivity index is 3.06. The molecule has 1 aromatic carbocycles. The van der Waals surface area contributed by atoms with Gasteiger partial charge in [-0.25, -0.2) is 8.42 Å². The summed E-state index contributed by atoms with van der Waals surface area (Å²) < 4.78 is 23.7. The van der Waals surface area contributed by atoms with Gasteiger partial charge >= 0.3 is 0 Å². The Bertz CT molecular complexity index is 470. The van der Waals surface area contributed by atoms with Crippen molar-refractivity contribution in [1.82, 2.24) is 0 Å². The van der Waals surface area contributed by atoms with Crippen molar-refractivity contribution in [3.8, 4) is 0 Å². The van der Waals surface area contributed by atoms with Gasteiger partial charge in [-0.15, -0.1) is 0 Å². The number of benzene rings is 1. The van der Waals surface area contributed by atoms with Crippen molar-refractivity contribution in [1.29, 1.82) is 0 Å². The number of sulfone groups is 1. The molecule has 0 aliphatic carbocycles. The zero-order valence-corrected chi connectivity index (χ0v) is 11.5. The van der Waals surface area contributed by atoms with Gasteiger partial charge < -0.3 is 5.11 Å². The third-order valence-electron chi connectivity index (χ3n) is 2.81. The van der Waals surface area contributed by atoms with Gasteiger partial charge in [-0.1, -0.05) is 37.6 Å². The quantitative estimate of drug-likeness (QED) is 0.899. The molecule has 0 amide bonds. The van der Waals surface area contributed by atoms with E-state index < -0.39 is 21.2 Å². The van der Waals surface area contributed by atoms with Crippen molar-refractivity contribution in [3.63, 3.8) is 0 Å². The van der Waals surface area contributed by atoms with Crippen LogP contribution in [0.25, 0.3) is 0 Å². The standard InChI is InChI=1S/C12H17ClO3S/c1-3-11(17(15,16)4-2)12(14)9-6-5-7-10(13)8-9/h5-8,11-12,14H,3-4H2,1-2H3/t11-,12-/m1/s1. The molecule has 1 N–H and O–H groups in total. The second-order valence-corrected chi connectivity index (χ2v) is 6.84. The predicted molar refractivity (Wildman–Crippen MR) is 70.0 cm³/mol. The summed E-state index contributed by atoms with van der Waals surface area (Å²) in [6.45, 7) is 3.34. The number of hydrogen-bond donors (Lipinski definition) is 1. The van der Waals surface area contributed by atoms with E-state index in [-0.39, 0.29) is 5.75 Å². The maximum absolute atomic E-state index is 11.8. The minimum absolute atomic E-state index is 0.0309. The first-order valence-electron chi connectivity index (χ1n) is 5.57. The molecule has 2 atom stereocenters. The van der Waals surface area contributed by atoms with E-state index in [1.54, 1.807) is 38.1 Å². The first kappa shape index (κ1) is 14.5. The first-order chi connectivity index (χ1) is 7.92. The molecule has 5 heteroatoms. The predicted octanol–water partition coefficient (Wildman–Crippen LogP) is 2.59. The third-order valence-corrected chi connectivity index (χ3v) is 5.36. The summed E-state index contributed by atoms with van der Waals surface area (Å²) in [5.74, 6) is 0.0309. The highest BCUT2D eigenvalue weighted by molar-refractivity contribution is 7.92. The third kappa shape index (κ3) is 3.44. The molecule has 0 bridgehead atoms. The maximum atomic E-state index is 11.8. The molecule has 96 valence electrons. The fraction of sp³-hybridized carbons (Fsp3) is 0.500. The first-order valence-corrected chi connectivity index (χ1v) is 7.66. The molecule has 0 aliphatic heterocycles. The lowest BCUT2D eigenvalue weighted by molar-refractivity contribution is 0.169. The summed E-state index contributed by atoms with van der Waals surface area (Å²) in [5.41, 5.74) is 0.543. The Morgan fingerprint density at radius 3 is 2.47 bits per heavy atom. The monoisotopic (exact) mass is 276 g/mol. The SMILES string of the molecule is CC[C@H]([C@H](O)c1cccc(Cl)c1)S(=O)(=O)CC. The molecule has 0 aliphatic rings. The fourth-order valence-electron chi connectivity index (χ4n) is 1.79. The van der Waals surface area contributed by atoms with Gasteiger partial charge in [-0.05, 0) is 24.1 Å². The Morgan fingerprint density at radius 1 is 1.35 bits per heavy atom. The number of halogens is 1. The topological polar surface area (TPSA) is 54.4 Å². The van der Waals surface area contributed by atoms with Crippen LogP contribution in [-0.2, 0) is 9.84 Å². The van der Waals surface area contributed by atoms with Crippen molar-refractivity contribution in [2.45, 2.75) is 31.6 Å². The zero-order chi connectivity index (χ0) is 13.1. The zero-order valence-electron chi connectivity index (χ0n) is 9.93. The van der Waals surface area contributed by atoms with Crippen molar-refractivity contribution >= 4 is 21.4 Å². The largest absolute Gasteiger partial charge is 0.387 e. The lowest BCUT2D eigenvalue weighted by Gasteiger charge is -2.21. The van der Waals surface area contributed by atoms with Gasteiger partial charge in [0.1, 0.15) is 0 Å². The highest BCUT2D eigenvalue weighted by Crippen LogP contribution is 2.26. The molecule has 17 heavy (non-hydrogen) atoms. The second-order valence-electron chi connectivity index (χ2n) is 3.90. The van der Waals surface area contributed by atoms with E-state index in [1.807, 2.05) is 0 Å². The molecule has 0 fully saturated rings. The number of aliphatic hydroxyl groups is 1. The molecular formula is C12H17ClO3S. The fourth-order valence-corrected chi connectivity index (χ4v) is 3.48. The molecule has 0 radical (unpaired) electrons. The summed E-state index contributed by atoms with van der Waals surface area (Å²) in [5, 5.41) is 9.85. The van der Waals surface area contributed by atoms with Crippen molar-refractivity contribution < 1.29 is 13.5 Å². The molecule has 1 aromatic rings. The van der Waals surface area contributed by atoms with Crippen molar-refractivity contribution in [3.05, 3.63) is 34.9 Å². The average Bonchev–Trinajstić information content (AvgIpc) is 2.29. The van der Waals surface area contributed by atoms with Gasteiger partial charge in [0.2, 0.25) is 0 Å². The van der Waals surface area contributed by atoms with Crippen LogP contribution in [0.3, 0.4) is 0 Å². The minimum Gasteiger partial charge on any atom is -0.387 e. The molecule has 0 aromatic heterocycles. The normalized spacial score (nSPS) is 15.5. The van der Waals surface area contributed by atoms with Gasteiger partial charge in [-0.2, -0.15) is 0 Å². The molecule has 0 saturated heterocycles. The summed E-state index contributed by atoms with van der Waals surface area (Å²) in [7, 11) is -3.26. The Morgan fingerprint density at radius 2 is 2.00 bits per heavy atom. The Labute approximate surface area is 107 Å². The number of rotatable bonds is 5. The highest BCUT2D eigenvalue weighted by atomic mass is 35.5. The van der Waals surface area contributed by atoms with Gasteiger partial charge in [0, 0.05) is 10.8 Å². The highest BCUT2D eigenvalue weighted by Gasteiger charge is 2.30. The lowest BCUT2D eigenvalue weighted by Crippen LogP contribution is -2.29. The van der Waals surface area contributed by atoms with Gasteiger partial charge in [0.05, 0.1) is 11.4 Å². The number of hydrogen-bond acceptors (Lipinski definition) is 3. The van der Waals surface area contributed by atoms with E-state index >= 15 is 0 Å². The smallest absolute Gasteiger partial charge is 0.155 e. The van der Waals surface area contributed by atoms with Crippen LogP contribution in [0, 0.1) is 0 Å². The van der Waals surface area contributed by atoms with Crippen LogP contribution in [0.5, 0.6) is 0 Å². The van der Waals surface area contributed by atoms with Gasteiger partial charge in [0.15, 0.2) is 9.84 Å². The Hall–Kier alpha value is -0.580. The van der Waals surface area contributed by atoms with Crippen LogP contribution < -0.4 is 0 Å². The van der Waals surface area contributed by atoms with Crippen LogP contribution in [0.15, 0.2) is 24.3 Å². The summed E-state index contributed by atoms with van der Waals surface area (Å²) in [6, 6.07) is 6.67. The lowest BCUT2D eigenvalue weighted by atomic mass is 10.1. The van der Waals surface area contributed by atoms with Crippen LogP contribution in [-0.4, -0.2) is 24.5 Å². The Kier molecular flexibility index (Phi) is 4.98. The van der Waals surface area contributed by atoms with E-state index in [4.69, 9.17) is 11.6 Å². The summed E-state index contributed by atoms with van der Waals surface area (Å²) in [6.07, 6.45) is -0.646. The van der Waals surface area contributed by atoms with Gasteiger partial charge in [-0.3, -0.25) is 0 Å². The molecule has 0 unspecified atom stereocenters. The van der Waals surface area contributed by atoms with Crippen molar-refractivity contribution in [2.75, 3.05) is 5.75 Å². The van der Waals surface area contributed by atoms with E-state index in [0.717, 1.165) is 0 Å². The molecule has 1 rings (SSSR count). The van der Waals surface area contributed by atoms with E-state index in [1.165, 1.54) is 0 Å². The summed E-state index contributed by atoms with van der Waals surface area (Å²) >= 11 is 5.82. The minimum atomic E-state index is -3.26. The summed E-state index contributed by atoms with van der Waals surface area (Å²) in [4.78, 5) is 0. The number of aliphatic hydroxyl groups excluding tert-OH is 1. The second kappa shape index (κ2) is 5.85. The maximum Gasteiger partial charge on any atom is 0.155 e. The molecule has 3 nitrogen and oxygen atoms in total. The van der Waals surface area contributed by atoms with Crippen LogP contribution in [0.2, 0.25) is 5.02 Å². The molecule has 0 heterocycles.